The Hall–Kier alpha value is -4.43. The Balaban J connectivity index is 1.42. The summed E-state index contributed by atoms with van der Waals surface area (Å²) in [6.07, 6.45) is 0.757. The van der Waals surface area contributed by atoms with Gasteiger partial charge in [-0.15, -0.1) is 0 Å². The van der Waals surface area contributed by atoms with E-state index >= 15 is 0 Å². The molecule has 5 rings (SSSR count). The predicted octanol–water partition coefficient (Wildman–Crippen LogP) is 4.87. The Morgan fingerprint density at radius 3 is 2.43 bits per heavy atom. The van der Waals surface area contributed by atoms with Crippen molar-refractivity contribution in [1.82, 2.24) is 20.1 Å². The number of aromatic nitrogens is 3. The van der Waals surface area contributed by atoms with Crippen LogP contribution in [-0.2, 0) is 13.0 Å². The summed E-state index contributed by atoms with van der Waals surface area (Å²) in [5, 5.41) is 8.93. The fourth-order valence-corrected chi connectivity index (χ4v) is 4.31. The number of fused-ring (bicyclic) bond motifs is 1. The fourth-order valence-electron chi connectivity index (χ4n) is 4.31. The molecule has 0 radical (unpaired) electrons. The van der Waals surface area contributed by atoms with Gasteiger partial charge in [0.2, 0.25) is 0 Å². The molecule has 0 amide bonds. The lowest BCUT2D eigenvalue weighted by Crippen LogP contribution is -2.23. The van der Waals surface area contributed by atoms with E-state index in [1.54, 1.807) is 31.0 Å². The van der Waals surface area contributed by atoms with Crippen LogP contribution in [0, 0.1) is 5.82 Å². The number of benzene rings is 3. The average Bonchev–Trinajstić information content (AvgIpc) is 3.29. The summed E-state index contributed by atoms with van der Waals surface area (Å²) in [4.78, 5) is 16.0. The molecule has 8 heteroatoms. The van der Waals surface area contributed by atoms with Gasteiger partial charge in [-0.3, -0.25) is 4.79 Å². The van der Waals surface area contributed by atoms with Crippen LogP contribution < -0.4 is 20.3 Å². The van der Waals surface area contributed by atoms with E-state index < -0.39 is 0 Å². The van der Waals surface area contributed by atoms with Gasteiger partial charge in [0.05, 0.1) is 19.9 Å². The lowest BCUT2D eigenvalue weighted by Gasteiger charge is -2.10. The summed E-state index contributed by atoms with van der Waals surface area (Å²) in [5.41, 5.74) is 4.34. The highest BCUT2D eigenvalue weighted by Gasteiger charge is 2.17. The monoisotopic (exact) mass is 498 g/mol. The van der Waals surface area contributed by atoms with Gasteiger partial charge >= 0.3 is 0 Å². The number of ether oxygens (including phenoxy) is 2. The van der Waals surface area contributed by atoms with Crippen molar-refractivity contribution in [2.45, 2.75) is 13.0 Å². The maximum absolute atomic E-state index is 13.6. The topological polar surface area (TPSA) is 81.2 Å². The van der Waals surface area contributed by atoms with Gasteiger partial charge in [0.15, 0.2) is 11.5 Å². The molecule has 37 heavy (non-hydrogen) atoms. The predicted molar refractivity (Wildman–Crippen MR) is 142 cm³/mol. The van der Waals surface area contributed by atoms with Crippen LogP contribution in [0.2, 0.25) is 0 Å². The van der Waals surface area contributed by atoms with Crippen molar-refractivity contribution in [2.24, 2.45) is 0 Å². The highest BCUT2D eigenvalue weighted by atomic mass is 19.1. The fraction of sp³-hybridized carbons (Fsp3) is 0.172. The molecule has 0 fully saturated rings. The maximum atomic E-state index is 13.6. The van der Waals surface area contributed by atoms with E-state index in [9.17, 15) is 9.18 Å². The van der Waals surface area contributed by atoms with Crippen molar-refractivity contribution in [3.8, 4) is 28.4 Å². The summed E-state index contributed by atoms with van der Waals surface area (Å²) < 4.78 is 26.0. The minimum Gasteiger partial charge on any atom is -0.493 e. The number of aromatic amines is 1. The number of methoxy groups -OCH3 is 2. The first-order valence-corrected chi connectivity index (χ1v) is 12.0. The zero-order chi connectivity index (χ0) is 25.8. The van der Waals surface area contributed by atoms with Crippen molar-refractivity contribution in [1.29, 1.82) is 0 Å². The zero-order valence-electron chi connectivity index (χ0n) is 20.6. The van der Waals surface area contributed by atoms with Crippen LogP contribution in [0.3, 0.4) is 0 Å². The second-order valence-electron chi connectivity index (χ2n) is 8.60. The first kappa shape index (κ1) is 24.3. The number of halogens is 1. The number of hydrogen-bond acceptors (Lipinski definition) is 5. The molecule has 0 saturated heterocycles. The third-order valence-corrected chi connectivity index (χ3v) is 6.24. The molecule has 0 bridgehead atoms. The van der Waals surface area contributed by atoms with Crippen LogP contribution in [0.1, 0.15) is 11.1 Å². The first-order valence-electron chi connectivity index (χ1n) is 12.0. The summed E-state index contributed by atoms with van der Waals surface area (Å²) in [5.74, 6) is 1.06. The lowest BCUT2D eigenvalue weighted by atomic mass is 10.1. The molecule has 7 nitrogen and oxygen atoms in total. The van der Waals surface area contributed by atoms with Gasteiger partial charge in [0.25, 0.3) is 5.56 Å². The largest absolute Gasteiger partial charge is 0.493 e. The van der Waals surface area contributed by atoms with Crippen molar-refractivity contribution in [3.05, 3.63) is 106 Å². The van der Waals surface area contributed by atoms with E-state index in [1.807, 2.05) is 54.6 Å². The molecule has 0 aliphatic rings. The number of hydrogen-bond donors (Lipinski definition) is 2. The highest BCUT2D eigenvalue weighted by molar-refractivity contribution is 5.92. The van der Waals surface area contributed by atoms with Crippen LogP contribution in [0.25, 0.3) is 28.0 Å². The Labute approximate surface area is 213 Å². The van der Waals surface area contributed by atoms with Crippen LogP contribution >= 0.6 is 0 Å². The number of H-pyrrole nitrogens is 1. The van der Waals surface area contributed by atoms with E-state index in [0.717, 1.165) is 28.6 Å². The van der Waals surface area contributed by atoms with Gasteiger partial charge in [0.1, 0.15) is 17.2 Å². The molecule has 0 saturated carbocycles. The van der Waals surface area contributed by atoms with Gasteiger partial charge in [-0.1, -0.05) is 24.3 Å². The lowest BCUT2D eigenvalue weighted by molar-refractivity contribution is 0.354. The summed E-state index contributed by atoms with van der Waals surface area (Å²) >= 11 is 0. The number of rotatable bonds is 9. The Morgan fingerprint density at radius 2 is 1.70 bits per heavy atom. The number of nitrogens with one attached hydrogen (secondary N) is 2. The second-order valence-corrected chi connectivity index (χ2v) is 8.60. The molecule has 188 valence electrons. The first-order chi connectivity index (χ1) is 18.1. The molecule has 0 aliphatic carbocycles. The molecule has 2 aromatic heterocycles. The van der Waals surface area contributed by atoms with Gasteiger partial charge in [-0.25, -0.2) is 9.07 Å². The van der Waals surface area contributed by atoms with Gasteiger partial charge in [-0.05, 0) is 73.1 Å². The molecule has 2 N–H and O–H groups in total. The third kappa shape index (κ3) is 5.10. The summed E-state index contributed by atoms with van der Waals surface area (Å²) in [7, 11) is 3.22. The smallest absolute Gasteiger partial charge is 0.254 e. The number of pyridine rings is 1. The Bertz CT molecular complexity index is 1580. The van der Waals surface area contributed by atoms with Gasteiger partial charge in [0, 0.05) is 23.1 Å². The highest BCUT2D eigenvalue weighted by Crippen LogP contribution is 2.29. The summed E-state index contributed by atoms with van der Waals surface area (Å²) in [6.45, 7) is 1.05. The quantitative estimate of drug-likeness (QED) is 0.284. The van der Waals surface area contributed by atoms with Crippen LogP contribution in [0.5, 0.6) is 11.5 Å². The van der Waals surface area contributed by atoms with E-state index in [2.05, 4.69) is 10.3 Å². The number of para-hydroxylation sites is 1. The standard InChI is InChI=1S/C29H27FN4O3/c1-36-25-13-8-19(16-26(25)37-2)14-15-31-18-21-17-24-27(20-9-11-22(30)12-10-20)33-34(28(24)32-29(21)35)23-6-4-3-5-7-23/h3-13,16-17,31H,14-15,18H2,1-2H3,(H,32,35). The van der Waals surface area contributed by atoms with Crippen molar-refractivity contribution in [2.75, 3.05) is 20.8 Å². The molecule has 0 spiro atoms. The van der Waals surface area contributed by atoms with E-state index in [1.165, 1.54) is 12.1 Å². The maximum Gasteiger partial charge on any atom is 0.254 e. The van der Waals surface area contributed by atoms with Crippen molar-refractivity contribution >= 4 is 11.0 Å². The molecule has 2 heterocycles. The van der Waals surface area contributed by atoms with Crippen LogP contribution in [0.4, 0.5) is 4.39 Å². The zero-order valence-corrected chi connectivity index (χ0v) is 20.6. The summed E-state index contributed by atoms with van der Waals surface area (Å²) in [6, 6.07) is 23.5. The van der Waals surface area contributed by atoms with E-state index in [-0.39, 0.29) is 11.4 Å². The third-order valence-electron chi connectivity index (χ3n) is 6.24. The average molecular weight is 499 g/mol. The van der Waals surface area contributed by atoms with Gasteiger partial charge in [-0.2, -0.15) is 5.10 Å². The Kier molecular flexibility index (Phi) is 7.00. The minimum atomic E-state index is -0.316. The molecule has 3 aromatic carbocycles. The van der Waals surface area contributed by atoms with Gasteiger partial charge < -0.3 is 19.8 Å². The number of nitrogens with zero attached hydrogens (tertiary/aromatic N) is 2. The van der Waals surface area contributed by atoms with Crippen LogP contribution in [-0.4, -0.2) is 35.5 Å². The second kappa shape index (κ2) is 10.7. The molecule has 0 aliphatic heterocycles. The molecule has 0 unspecified atom stereocenters. The molecular formula is C29H27FN4O3. The minimum absolute atomic E-state index is 0.186. The van der Waals surface area contributed by atoms with E-state index in [4.69, 9.17) is 14.6 Å². The van der Waals surface area contributed by atoms with Crippen molar-refractivity contribution in [3.63, 3.8) is 0 Å². The van der Waals surface area contributed by atoms with Crippen molar-refractivity contribution < 1.29 is 13.9 Å². The SMILES string of the molecule is COc1ccc(CCNCc2cc3c(-c4ccc(F)cc4)nn(-c4ccccc4)c3[nH]c2=O)cc1OC. The molecule has 0 atom stereocenters. The van der Waals surface area contributed by atoms with E-state index in [0.29, 0.717) is 41.5 Å². The molecule has 5 aromatic rings. The van der Waals surface area contributed by atoms with Crippen LogP contribution in [0.15, 0.2) is 83.7 Å². The Morgan fingerprint density at radius 1 is 0.946 bits per heavy atom. The molecular weight excluding hydrogens is 471 g/mol. The normalized spacial score (nSPS) is 11.1.